The number of rotatable bonds is 10. The van der Waals surface area contributed by atoms with Gasteiger partial charge < -0.3 is 13.7 Å². The van der Waals surface area contributed by atoms with Gasteiger partial charge in [-0.15, -0.1) is 15.3 Å². The van der Waals surface area contributed by atoms with Crippen molar-refractivity contribution < 1.29 is 0 Å². The van der Waals surface area contributed by atoms with Crippen molar-refractivity contribution >= 4 is 115 Å². The third-order valence-electron chi connectivity index (χ3n) is 14.3. The van der Waals surface area contributed by atoms with E-state index in [1.807, 2.05) is 25.9 Å². The van der Waals surface area contributed by atoms with Crippen molar-refractivity contribution in [2.45, 2.75) is 78.3 Å². The summed E-state index contributed by atoms with van der Waals surface area (Å²) in [5, 5.41) is 38.4. The highest BCUT2D eigenvalue weighted by Gasteiger charge is 2.16. The number of hydrogen-bond acceptors (Lipinski definition) is 6. The van der Waals surface area contributed by atoms with Crippen LogP contribution in [-0.2, 0) is 20.1 Å². The first-order valence-corrected chi connectivity index (χ1v) is 23.9. The maximum Gasteiger partial charge on any atom is 0.113 e. The molecule has 0 aliphatic rings. The molecule has 0 saturated carbocycles. The summed E-state index contributed by atoms with van der Waals surface area (Å²) in [5.74, 6) is 0. The summed E-state index contributed by atoms with van der Waals surface area (Å²) in [5.41, 5.74) is 12.4. The van der Waals surface area contributed by atoms with Crippen molar-refractivity contribution in [3.05, 3.63) is 128 Å². The molecule has 7 heterocycles. The molecule has 0 amide bonds. The van der Waals surface area contributed by atoms with Gasteiger partial charge in [0.15, 0.2) is 0 Å². The second-order valence-electron chi connectivity index (χ2n) is 18.4. The fourth-order valence-electron chi connectivity index (χ4n) is 10.7. The minimum atomic E-state index is 0.809. The Morgan fingerprint density at radius 2 is 0.687 bits per heavy atom. The second-order valence-corrected chi connectivity index (χ2v) is 18.4. The molecule has 0 atom stereocenters. The van der Waals surface area contributed by atoms with Crippen LogP contribution in [0.25, 0.3) is 115 Å². The van der Waals surface area contributed by atoms with Crippen LogP contribution >= 0.6 is 0 Å². The Hall–Kier alpha value is -7.86. The fourth-order valence-corrected chi connectivity index (χ4v) is 10.7. The predicted octanol–water partition coefficient (Wildman–Crippen LogP) is 13.0. The van der Waals surface area contributed by atoms with Crippen molar-refractivity contribution in [1.82, 2.24) is 58.2 Å². The molecular formula is C55H50N12. The van der Waals surface area contributed by atoms with E-state index in [4.69, 9.17) is 25.7 Å². The van der Waals surface area contributed by atoms with E-state index in [9.17, 15) is 0 Å². The van der Waals surface area contributed by atoms with E-state index >= 15 is 0 Å². The molecule has 6 aromatic carbocycles. The summed E-state index contributed by atoms with van der Waals surface area (Å²) in [6, 6.07) is 39.9. The number of hydrogen-bond donors (Lipinski definition) is 0. The highest BCUT2D eigenvalue weighted by atomic mass is 15.4. The first kappa shape index (κ1) is 39.5. The SMILES string of the molecule is CCCCCCn1c2ccc3cc2c2cc(ccc21)n1cc(nn1)c1ccc2c(c1)c1cc(ccc1n2C)n1cc(nn1)c1ccc2c(c1)c1cc(ccc1n2CCCCCC)n1cc3nn1. The molecule has 0 unspecified atom stereocenters. The lowest BCUT2D eigenvalue weighted by atomic mass is 10.1. The minimum absolute atomic E-state index is 0.809. The average molecular weight is 879 g/mol. The quantitative estimate of drug-likeness (QED) is 0.127. The van der Waals surface area contributed by atoms with E-state index in [1.165, 1.54) is 82.1 Å². The number of fused-ring (bicyclic) bond motifs is 18. The van der Waals surface area contributed by atoms with E-state index in [1.54, 1.807) is 0 Å². The lowest BCUT2D eigenvalue weighted by Crippen LogP contribution is -1.97. The summed E-state index contributed by atoms with van der Waals surface area (Å²) < 4.78 is 12.9. The molecule has 13 aromatic rings. The van der Waals surface area contributed by atoms with E-state index in [2.05, 4.69) is 155 Å². The summed E-state index contributed by atoms with van der Waals surface area (Å²) in [4.78, 5) is 0. The zero-order valence-corrected chi connectivity index (χ0v) is 38.1. The van der Waals surface area contributed by atoms with E-state index in [0.29, 0.717) is 0 Å². The van der Waals surface area contributed by atoms with Crippen molar-refractivity contribution in [2.75, 3.05) is 0 Å². The largest absolute Gasteiger partial charge is 0.344 e. The molecule has 0 fully saturated rings. The third-order valence-corrected chi connectivity index (χ3v) is 14.3. The van der Waals surface area contributed by atoms with Gasteiger partial charge in [-0.3, -0.25) is 0 Å². The summed E-state index contributed by atoms with van der Waals surface area (Å²) >= 11 is 0. The molecule has 0 saturated heterocycles. The van der Waals surface area contributed by atoms with Crippen molar-refractivity contribution in [3.8, 4) is 0 Å². The van der Waals surface area contributed by atoms with E-state index in [0.717, 1.165) is 97.0 Å². The van der Waals surface area contributed by atoms with Gasteiger partial charge in [-0.2, -0.15) is 0 Å². The molecule has 12 nitrogen and oxygen atoms in total. The normalized spacial score (nSPS) is 12.4. The Labute approximate surface area is 384 Å². The van der Waals surface area contributed by atoms with Crippen LogP contribution in [0.1, 0.15) is 65.2 Å². The van der Waals surface area contributed by atoms with Gasteiger partial charge in [0.05, 0.1) is 35.1 Å². The summed E-state index contributed by atoms with van der Waals surface area (Å²) in [6.45, 7) is 6.45. The van der Waals surface area contributed by atoms with Crippen molar-refractivity contribution in [1.29, 1.82) is 0 Å². The topological polar surface area (TPSA) is 105 Å². The second kappa shape index (κ2) is 15.6. The Balaban J connectivity index is 1.10. The molecule has 13 rings (SSSR count). The first-order chi connectivity index (χ1) is 33.0. The molecule has 0 radical (unpaired) electrons. The van der Waals surface area contributed by atoms with Gasteiger partial charge in [0.1, 0.15) is 16.6 Å². The zero-order chi connectivity index (χ0) is 44.8. The Kier molecular flexibility index (Phi) is 9.23. The molecule has 0 aliphatic heterocycles. The zero-order valence-electron chi connectivity index (χ0n) is 38.1. The van der Waals surface area contributed by atoms with Gasteiger partial charge in [-0.25, -0.2) is 13.5 Å². The molecule has 0 spiro atoms. The molecule has 330 valence electrons. The molecule has 67 heavy (non-hydrogen) atoms. The average Bonchev–Trinajstić information content (AvgIpc) is 4.25. The van der Waals surface area contributed by atoms with Crippen LogP contribution in [0.3, 0.4) is 0 Å². The van der Waals surface area contributed by atoms with Crippen LogP contribution in [0.15, 0.2) is 128 Å². The van der Waals surface area contributed by atoms with Gasteiger partial charge >= 0.3 is 0 Å². The summed E-state index contributed by atoms with van der Waals surface area (Å²) in [7, 11) is 2.13. The van der Waals surface area contributed by atoms with Gasteiger partial charge in [-0.1, -0.05) is 86.2 Å². The maximum atomic E-state index is 4.78. The lowest BCUT2D eigenvalue weighted by Gasteiger charge is -2.07. The number of unbranched alkanes of at least 4 members (excludes halogenated alkanes) is 6. The number of benzene rings is 6. The van der Waals surface area contributed by atoms with Gasteiger partial charge in [-0.05, 0) is 104 Å². The smallest absolute Gasteiger partial charge is 0.113 e. The molecular weight excluding hydrogens is 829 g/mol. The van der Waals surface area contributed by atoms with Crippen LogP contribution in [-0.4, -0.2) is 58.2 Å². The molecule has 7 aromatic heterocycles. The molecule has 0 aliphatic carbocycles. The summed E-state index contributed by atoms with van der Waals surface area (Å²) in [6.07, 6.45) is 15.7. The fraction of sp³-hybridized carbons (Fsp3) is 0.236. The number of aromatic nitrogens is 12. The van der Waals surface area contributed by atoms with Crippen LogP contribution in [0.4, 0.5) is 0 Å². The van der Waals surface area contributed by atoms with E-state index < -0.39 is 0 Å². The predicted molar refractivity (Wildman–Crippen MR) is 273 cm³/mol. The standard InChI is InChI=1S/C55H50N12/c1-4-6-8-10-24-63-52-19-13-36-27-42(52)46-31-40(17-23-55(46)63)67-34-49(58-61-67)37-14-20-53-43(28-37)45-30-39(16-22-54(45)64(53)25-11-9-7-5-2)66-32-47(56-60-66)35-12-18-50-41(26-35)44-29-38(15-21-51(44)62(50)3)65-33-48(36)57-59-65/h12-23,26-34H,4-11,24-25H2,1-3H3. The molecule has 18 bridgehead atoms. The Bertz CT molecular complexity index is 3960. The first-order valence-electron chi connectivity index (χ1n) is 23.9. The number of nitrogens with zero attached hydrogens (tertiary/aromatic N) is 12. The van der Waals surface area contributed by atoms with Crippen LogP contribution in [0.2, 0.25) is 0 Å². The highest BCUT2D eigenvalue weighted by molar-refractivity contribution is 6.14. The van der Waals surface area contributed by atoms with E-state index in [-0.39, 0.29) is 0 Å². The molecule has 12 heteroatoms. The van der Waals surface area contributed by atoms with Crippen LogP contribution in [0, 0.1) is 0 Å². The Morgan fingerprint density at radius 3 is 1.09 bits per heavy atom. The van der Waals surface area contributed by atoms with Crippen LogP contribution in [0.5, 0.6) is 0 Å². The van der Waals surface area contributed by atoms with Gasteiger partial charge in [0, 0.05) is 102 Å². The van der Waals surface area contributed by atoms with Gasteiger partial charge in [0.25, 0.3) is 0 Å². The van der Waals surface area contributed by atoms with Crippen molar-refractivity contribution in [3.63, 3.8) is 0 Å². The molecule has 0 N–H and O–H groups in total. The van der Waals surface area contributed by atoms with Gasteiger partial charge in [0.2, 0.25) is 0 Å². The Morgan fingerprint density at radius 1 is 0.358 bits per heavy atom. The maximum absolute atomic E-state index is 4.78. The number of aryl methyl sites for hydroxylation is 3. The third kappa shape index (κ3) is 6.41. The highest BCUT2D eigenvalue weighted by Crippen LogP contribution is 2.35. The monoisotopic (exact) mass is 878 g/mol. The van der Waals surface area contributed by atoms with Crippen molar-refractivity contribution in [2.24, 2.45) is 7.05 Å². The lowest BCUT2D eigenvalue weighted by molar-refractivity contribution is 0.602. The minimum Gasteiger partial charge on any atom is -0.344 e. The van der Waals surface area contributed by atoms with Crippen LogP contribution < -0.4 is 0 Å².